The number of rotatable bonds is 6. The van der Waals surface area contributed by atoms with Crippen molar-refractivity contribution in [1.82, 2.24) is 20.1 Å². The number of hydrogen-bond donors (Lipinski definition) is 2. The highest BCUT2D eigenvalue weighted by Gasteiger charge is 2.11. The van der Waals surface area contributed by atoms with Gasteiger partial charge in [0.15, 0.2) is 5.16 Å². The predicted molar refractivity (Wildman–Crippen MR) is 63.0 cm³/mol. The number of amides is 1. The third kappa shape index (κ3) is 3.21. The Labute approximate surface area is 99.0 Å². The smallest absolute Gasteiger partial charge is 0.230 e. The normalized spacial score (nSPS) is 10.4. The first kappa shape index (κ1) is 13.0. The average molecular weight is 243 g/mol. The molecule has 6 nitrogen and oxygen atoms in total. The fourth-order valence-electron chi connectivity index (χ4n) is 1.27. The van der Waals surface area contributed by atoms with Gasteiger partial charge in [0.05, 0.1) is 12.3 Å². The summed E-state index contributed by atoms with van der Waals surface area (Å²) in [7, 11) is 0. The Morgan fingerprint density at radius 3 is 2.81 bits per heavy atom. The summed E-state index contributed by atoms with van der Waals surface area (Å²) in [6, 6.07) is 0. The molecule has 0 spiro atoms. The lowest BCUT2D eigenvalue weighted by molar-refractivity contribution is -0.118. The lowest BCUT2D eigenvalue weighted by Crippen LogP contribution is -2.24. The zero-order valence-electron chi connectivity index (χ0n) is 9.56. The zero-order valence-corrected chi connectivity index (χ0v) is 10.4. The van der Waals surface area contributed by atoms with Gasteiger partial charge in [-0.15, -0.1) is 10.2 Å². The van der Waals surface area contributed by atoms with Gasteiger partial charge in [0.25, 0.3) is 0 Å². The molecule has 0 aliphatic heterocycles. The van der Waals surface area contributed by atoms with Crippen LogP contribution in [0.2, 0.25) is 0 Å². The van der Waals surface area contributed by atoms with E-state index in [0.717, 1.165) is 17.5 Å². The van der Waals surface area contributed by atoms with Gasteiger partial charge in [-0.3, -0.25) is 4.79 Å². The molecular formula is C9H17N5OS. The van der Waals surface area contributed by atoms with Crippen LogP contribution in [-0.2, 0) is 17.9 Å². The molecule has 0 saturated carbocycles. The summed E-state index contributed by atoms with van der Waals surface area (Å²) < 4.78 is 1.92. The van der Waals surface area contributed by atoms with Gasteiger partial charge in [-0.25, -0.2) is 0 Å². The predicted octanol–water partition coefficient (Wildman–Crippen LogP) is -0.0151. The maximum atomic E-state index is 11.3. The quantitative estimate of drug-likeness (QED) is 0.686. The zero-order chi connectivity index (χ0) is 12.0. The summed E-state index contributed by atoms with van der Waals surface area (Å²) in [6.45, 7) is 5.66. The van der Waals surface area contributed by atoms with Crippen LogP contribution in [0.4, 0.5) is 0 Å². The highest BCUT2D eigenvalue weighted by molar-refractivity contribution is 7.99. The Bertz CT molecular complexity index is 352. The maximum Gasteiger partial charge on any atom is 0.230 e. The van der Waals surface area contributed by atoms with Crippen LogP contribution in [0.15, 0.2) is 5.16 Å². The number of nitrogens with one attached hydrogen (secondary N) is 1. The average Bonchev–Trinajstić information content (AvgIpc) is 2.68. The highest BCUT2D eigenvalue weighted by Crippen LogP contribution is 2.16. The molecule has 0 atom stereocenters. The van der Waals surface area contributed by atoms with Crippen molar-refractivity contribution in [3.05, 3.63) is 5.82 Å². The van der Waals surface area contributed by atoms with Gasteiger partial charge in [0, 0.05) is 13.1 Å². The van der Waals surface area contributed by atoms with Crippen molar-refractivity contribution in [3.8, 4) is 0 Å². The maximum absolute atomic E-state index is 11.3. The third-order valence-electron chi connectivity index (χ3n) is 2.00. The van der Waals surface area contributed by atoms with Crippen molar-refractivity contribution >= 4 is 17.7 Å². The number of nitrogens with zero attached hydrogens (tertiary/aromatic N) is 3. The molecule has 0 aromatic carbocycles. The van der Waals surface area contributed by atoms with Crippen LogP contribution in [0.1, 0.15) is 19.7 Å². The molecule has 0 saturated heterocycles. The molecule has 1 aromatic rings. The first-order chi connectivity index (χ1) is 7.72. The van der Waals surface area contributed by atoms with Crippen molar-refractivity contribution in [2.24, 2.45) is 5.73 Å². The summed E-state index contributed by atoms with van der Waals surface area (Å²) in [5.74, 6) is 1.12. The minimum atomic E-state index is 0.00690. The molecule has 0 unspecified atom stereocenters. The van der Waals surface area contributed by atoms with E-state index in [1.54, 1.807) is 0 Å². The van der Waals surface area contributed by atoms with E-state index in [1.165, 1.54) is 11.8 Å². The van der Waals surface area contributed by atoms with E-state index in [9.17, 15) is 4.79 Å². The number of carbonyl (C=O) groups excluding carboxylic acids is 1. The first-order valence-electron chi connectivity index (χ1n) is 5.24. The Kier molecular flexibility index (Phi) is 5.27. The molecular weight excluding hydrogens is 226 g/mol. The minimum Gasteiger partial charge on any atom is -0.356 e. The van der Waals surface area contributed by atoms with E-state index >= 15 is 0 Å². The number of thioether (sulfide) groups is 1. The van der Waals surface area contributed by atoms with Crippen LogP contribution < -0.4 is 11.1 Å². The number of nitrogens with two attached hydrogens (primary N) is 1. The van der Waals surface area contributed by atoms with Gasteiger partial charge < -0.3 is 15.6 Å². The Morgan fingerprint density at radius 2 is 2.25 bits per heavy atom. The monoisotopic (exact) mass is 243 g/mol. The summed E-state index contributed by atoms with van der Waals surface area (Å²) in [4.78, 5) is 11.3. The van der Waals surface area contributed by atoms with E-state index in [0.29, 0.717) is 18.8 Å². The van der Waals surface area contributed by atoms with Gasteiger partial charge in [-0.2, -0.15) is 0 Å². The van der Waals surface area contributed by atoms with Crippen molar-refractivity contribution in [3.63, 3.8) is 0 Å². The van der Waals surface area contributed by atoms with Crippen LogP contribution >= 0.6 is 11.8 Å². The minimum absolute atomic E-state index is 0.00690. The molecule has 1 aromatic heterocycles. The van der Waals surface area contributed by atoms with Gasteiger partial charge in [0.1, 0.15) is 5.82 Å². The summed E-state index contributed by atoms with van der Waals surface area (Å²) >= 11 is 1.38. The first-order valence-corrected chi connectivity index (χ1v) is 6.23. The van der Waals surface area contributed by atoms with Crippen LogP contribution in [0.25, 0.3) is 0 Å². The van der Waals surface area contributed by atoms with Gasteiger partial charge in [0.2, 0.25) is 5.91 Å². The molecule has 16 heavy (non-hydrogen) atoms. The topological polar surface area (TPSA) is 85.8 Å². The van der Waals surface area contributed by atoms with Crippen molar-refractivity contribution in [2.45, 2.75) is 32.1 Å². The van der Waals surface area contributed by atoms with E-state index in [1.807, 2.05) is 18.4 Å². The SMILES string of the molecule is CCNC(=O)CSc1nnc(CN)n1CC. The van der Waals surface area contributed by atoms with E-state index in [-0.39, 0.29) is 5.91 Å². The highest BCUT2D eigenvalue weighted by atomic mass is 32.2. The molecule has 7 heteroatoms. The van der Waals surface area contributed by atoms with Crippen molar-refractivity contribution in [2.75, 3.05) is 12.3 Å². The fourth-order valence-corrected chi connectivity index (χ4v) is 2.12. The van der Waals surface area contributed by atoms with E-state index in [4.69, 9.17) is 5.73 Å². The second kappa shape index (κ2) is 6.49. The van der Waals surface area contributed by atoms with Crippen LogP contribution in [0, 0.1) is 0 Å². The van der Waals surface area contributed by atoms with E-state index in [2.05, 4.69) is 15.5 Å². The second-order valence-electron chi connectivity index (χ2n) is 3.09. The molecule has 3 N–H and O–H groups in total. The van der Waals surface area contributed by atoms with Crippen LogP contribution in [0.3, 0.4) is 0 Å². The summed E-state index contributed by atoms with van der Waals surface area (Å²) in [5.41, 5.74) is 5.53. The Hall–Kier alpha value is -1.08. The summed E-state index contributed by atoms with van der Waals surface area (Å²) in [6.07, 6.45) is 0. The van der Waals surface area contributed by atoms with Crippen molar-refractivity contribution in [1.29, 1.82) is 0 Å². The molecule has 0 fully saturated rings. The number of hydrogen-bond acceptors (Lipinski definition) is 5. The summed E-state index contributed by atoms with van der Waals surface area (Å²) in [5, 5.41) is 11.4. The van der Waals surface area contributed by atoms with E-state index < -0.39 is 0 Å². The third-order valence-corrected chi connectivity index (χ3v) is 2.97. The van der Waals surface area contributed by atoms with Crippen molar-refractivity contribution < 1.29 is 4.79 Å². The lowest BCUT2D eigenvalue weighted by Gasteiger charge is -2.05. The molecule has 1 rings (SSSR count). The molecule has 0 bridgehead atoms. The molecule has 0 aliphatic rings. The molecule has 1 heterocycles. The largest absolute Gasteiger partial charge is 0.356 e. The molecule has 1 amide bonds. The van der Waals surface area contributed by atoms with Crippen LogP contribution in [-0.4, -0.2) is 33.0 Å². The number of carbonyl (C=O) groups is 1. The standard InChI is InChI=1S/C9H17N5OS/c1-3-11-8(15)6-16-9-13-12-7(5-10)14(9)4-2/h3-6,10H2,1-2H3,(H,11,15). The Morgan fingerprint density at radius 1 is 1.50 bits per heavy atom. The van der Waals surface area contributed by atoms with Gasteiger partial charge in [-0.1, -0.05) is 11.8 Å². The van der Waals surface area contributed by atoms with Gasteiger partial charge in [-0.05, 0) is 13.8 Å². The van der Waals surface area contributed by atoms with Crippen LogP contribution in [0.5, 0.6) is 0 Å². The van der Waals surface area contributed by atoms with Gasteiger partial charge >= 0.3 is 0 Å². The fraction of sp³-hybridized carbons (Fsp3) is 0.667. The molecule has 0 aliphatic carbocycles. The lowest BCUT2D eigenvalue weighted by atomic mass is 10.6. The molecule has 0 radical (unpaired) electrons. The second-order valence-corrected chi connectivity index (χ2v) is 4.03. The number of aromatic nitrogens is 3. The molecule has 90 valence electrons. The Balaban J connectivity index is 2.59.